The molecule has 0 atom stereocenters. The van der Waals surface area contributed by atoms with Gasteiger partial charge in [-0.25, -0.2) is 0 Å². The van der Waals surface area contributed by atoms with E-state index in [9.17, 15) is 4.79 Å². The molecule has 1 amide bonds. The molecule has 0 radical (unpaired) electrons. The highest BCUT2D eigenvalue weighted by Gasteiger charge is 2.20. The maximum absolute atomic E-state index is 12.1. The number of nitrogens with one attached hydrogen (secondary N) is 1. The van der Waals surface area contributed by atoms with Gasteiger partial charge in [-0.05, 0) is 56.4 Å². The lowest BCUT2D eigenvalue weighted by molar-refractivity contribution is -0.118. The predicted octanol–water partition coefficient (Wildman–Crippen LogP) is 4.56. The number of benzene rings is 1. The Morgan fingerprint density at radius 3 is 2.56 bits per heavy atom. The summed E-state index contributed by atoms with van der Waals surface area (Å²) < 4.78 is 0. The van der Waals surface area contributed by atoms with Gasteiger partial charge in [-0.1, -0.05) is 47.1 Å². The van der Waals surface area contributed by atoms with Crippen LogP contribution < -0.4 is 15.1 Å². The van der Waals surface area contributed by atoms with Crippen molar-refractivity contribution in [2.24, 2.45) is 0 Å². The lowest BCUT2D eigenvalue weighted by Crippen LogP contribution is -2.47. The van der Waals surface area contributed by atoms with Crippen molar-refractivity contribution in [3.05, 3.63) is 53.1 Å². The summed E-state index contributed by atoms with van der Waals surface area (Å²) in [6.45, 7) is 4.23. The Morgan fingerprint density at radius 2 is 1.84 bits per heavy atom. The van der Waals surface area contributed by atoms with E-state index in [4.69, 9.17) is 11.6 Å². The Hall–Kier alpha value is -2.25. The quantitative estimate of drug-likeness (QED) is 0.450. The molecule has 1 fully saturated rings. The number of hydrogen-bond acceptors (Lipinski definition) is 6. The number of anilines is 2. The predicted molar refractivity (Wildman–Crippen MR) is 133 cm³/mol. The summed E-state index contributed by atoms with van der Waals surface area (Å²) in [4.78, 5) is 16.7. The van der Waals surface area contributed by atoms with Crippen LogP contribution in [0.4, 0.5) is 11.5 Å². The molecule has 1 aromatic carbocycles. The van der Waals surface area contributed by atoms with E-state index in [2.05, 4.69) is 37.5 Å². The first-order valence-corrected chi connectivity index (χ1v) is 12.7. The largest absolute Gasteiger partial charge is 0.367 e. The standard InChI is InChI=1S/C24H30ClN5OS/c25-20-8-4-5-9-21(20)29-14-16-30(17-15-29)22-10-11-24(28-27-22)32-18-23(31)26-13-12-19-6-2-1-3-7-19/h4-6,8-11H,1-3,7,12-18H2,(H,26,31). The van der Waals surface area contributed by atoms with Crippen LogP contribution in [0.1, 0.15) is 32.1 Å². The van der Waals surface area contributed by atoms with Crippen molar-refractivity contribution in [3.8, 4) is 0 Å². The normalized spacial score (nSPS) is 16.6. The van der Waals surface area contributed by atoms with Gasteiger partial charge in [0.25, 0.3) is 0 Å². The summed E-state index contributed by atoms with van der Waals surface area (Å²) in [7, 11) is 0. The molecule has 1 saturated heterocycles. The number of amides is 1. The Labute approximate surface area is 199 Å². The van der Waals surface area contributed by atoms with Crippen LogP contribution in [-0.2, 0) is 4.79 Å². The maximum Gasteiger partial charge on any atom is 0.230 e. The number of allylic oxidation sites excluding steroid dienone is 1. The molecule has 170 valence electrons. The van der Waals surface area contributed by atoms with E-state index in [1.54, 1.807) is 0 Å². The van der Waals surface area contributed by atoms with E-state index >= 15 is 0 Å². The van der Waals surface area contributed by atoms with Crippen LogP contribution in [-0.4, -0.2) is 54.6 Å². The van der Waals surface area contributed by atoms with Crippen molar-refractivity contribution in [1.29, 1.82) is 0 Å². The van der Waals surface area contributed by atoms with Crippen LogP contribution in [0, 0.1) is 0 Å². The zero-order valence-corrected chi connectivity index (χ0v) is 19.9. The Bertz CT molecular complexity index is 928. The summed E-state index contributed by atoms with van der Waals surface area (Å²) in [5.74, 6) is 1.29. The molecule has 1 aliphatic heterocycles. The Kier molecular flexibility index (Phi) is 8.29. The lowest BCUT2D eigenvalue weighted by Gasteiger charge is -2.36. The number of halogens is 1. The minimum absolute atomic E-state index is 0.0491. The summed E-state index contributed by atoms with van der Waals surface area (Å²) in [6.07, 6.45) is 8.24. The van der Waals surface area contributed by atoms with E-state index in [1.165, 1.54) is 43.0 Å². The fourth-order valence-electron chi connectivity index (χ4n) is 4.13. The summed E-state index contributed by atoms with van der Waals surface area (Å²) in [5, 5.41) is 13.3. The SMILES string of the molecule is O=C(CSc1ccc(N2CCN(c3ccccc3Cl)CC2)nn1)NCCC1=CCCCC1. The van der Waals surface area contributed by atoms with E-state index in [-0.39, 0.29) is 5.91 Å². The van der Waals surface area contributed by atoms with Gasteiger partial charge in [-0.3, -0.25) is 4.79 Å². The van der Waals surface area contributed by atoms with Gasteiger partial charge in [0.15, 0.2) is 5.82 Å². The van der Waals surface area contributed by atoms with E-state index < -0.39 is 0 Å². The van der Waals surface area contributed by atoms with E-state index in [0.717, 1.165) is 60.7 Å². The van der Waals surface area contributed by atoms with Crippen molar-refractivity contribution in [2.75, 3.05) is 48.3 Å². The van der Waals surface area contributed by atoms with Crippen LogP contribution in [0.3, 0.4) is 0 Å². The summed E-state index contributed by atoms with van der Waals surface area (Å²) in [6, 6.07) is 11.9. The maximum atomic E-state index is 12.1. The molecule has 2 aliphatic rings. The van der Waals surface area contributed by atoms with Gasteiger partial charge in [-0.2, -0.15) is 0 Å². The zero-order valence-electron chi connectivity index (χ0n) is 18.3. The number of rotatable bonds is 8. The number of aromatic nitrogens is 2. The molecule has 1 aliphatic carbocycles. The van der Waals surface area contributed by atoms with E-state index in [0.29, 0.717) is 5.75 Å². The first-order chi connectivity index (χ1) is 15.7. The highest BCUT2D eigenvalue weighted by Crippen LogP contribution is 2.27. The van der Waals surface area contributed by atoms with Crippen molar-refractivity contribution < 1.29 is 4.79 Å². The lowest BCUT2D eigenvalue weighted by atomic mass is 9.97. The highest BCUT2D eigenvalue weighted by molar-refractivity contribution is 7.99. The Morgan fingerprint density at radius 1 is 1.03 bits per heavy atom. The molecule has 2 heterocycles. The average Bonchev–Trinajstić information content (AvgIpc) is 2.84. The van der Waals surface area contributed by atoms with Gasteiger partial charge < -0.3 is 15.1 Å². The molecule has 32 heavy (non-hydrogen) atoms. The van der Waals surface area contributed by atoms with Crippen molar-refractivity contribution in [2.45, 2.75) is 37.1 Å². The van der Waals surface area contributed by atoms with Crippen LogP contribution in [0.2, 0.25) is 5.02 Å². The topological polar surface area (TPSA) is 61.4 Å². The molecule has 0 bridgehead atoms. The van der Waals surface area contributed by atoms with Gasteiger partial charge in [0.05, 0.1) is 16.5 Å². The Balaban J connectivity index is 1.18. The fourth-order valence-corrected chi connectivity index (χ4v) is 5.03. The van der Waals surface area contributed by atoms with Crippen molar-refractivity contribution in [1.82, 2.24) is 15.5 Å². The number of carbonyl (C=O) groups excluding carboxylic acids is 1. The van der Waals surface area contributed by atoms with E-state index in [1.807, 2.05) is 30.3 Å². The first-order valence-electron chi connectivity index (χ1n) is 11.3. The molecular weight excluding hydrogens is 442 g/mol. The number of hydrogen-bond donors (Lipinski definition) is 1. The third-order valence-corrected chi connectivity index (χ3v) is 7.17. The molecule has 1 N–H and O–H groups in total. The second kappa shape index (κ2) is 11.6. The number of thioether (sulfide) groups is 1. The minimum Gasteiger partial charge on any atom is -0.367 e. The molecule has 8 heteroatoms. The van der Waals surface area contributed by atoms with Gasteiger partial charge >= 0.3 is 0 Å². The molecule has 1 aromatic heterocycles. The first kappa shape index (κ1) is 22.9. The minimum atomic E-state index is 0.0491. The number of para-hydroxylation sites is 1. The number of piperazine rings is 1. The molecule has 0 spiro atoms. The van der Waals surface area contributed by atoms with Crippen molar-refractivity contribution >= 4 is 40.8 Å². The van der Waals surface area contributed by atoms with Crippen LogP contribution in [0.5, 0.6) is 0 Å². The molecule has 6 nitrogen and oxygen atoms in total. The summed E-state index contributed by atoms with van der Waals surface area (Å²) in [5.41, 5.74) is 2.57. The average molecular weight is 472 g/mol. The van der Waals surface area contributed by atoms with Crippen molar-refractivity contribution in [3.63, 3.8) is 0 Å². The molecule has 4 rings (SSSR count). The van der Waals surface area contributed by atoms with Gasteiger partial charge in [0.2, 0.25) is 5.91 Å². The van der Waals surface area contributed by atoms with Gasteiger partial charge in [0.1, 0.15) is 5.03 Å². The second-order valence-electron chi connectivity index (χ2n) is 8.15. The fraction of sp³-hybridized carbons (Fsp3) is 0.458. The number of carbonyl (C=O) groups is 1. The zero-order chi connectivity index (χ0) is 22.2. The van der Waals surface area contributed by atoms with Gasteiger partial charge in [0, 0.05) is 32.7 Å². The molecule has 2 aromatic rings. The number of nitrogens with zero attached hydrogens (tertiary/aromatic N) is 4. The second-order valence-corrected chi connectivity index (χ2v) is 9.55. The third kappa shape index (κ3) is 6.39. The molecule has 0 saturated carbocycles. The smallest absolute Gasteiger partial charge is 0.230 e. The van der Waals surface area contributed by atoms with Gasteiger partial charge in [-0.15, -0.1) is 10.2 Å². The van der Waals surface area contributed by atoms with Crippen LogP contribution >= 0.6 is 23.4 Å². The monoisotopic (exact) mass is 471 g/mol. The third-order valence-electron chi connectivity index (χ3n) is 5.93. The van der Waals surface area contributed by atoms with Crippen LogP contribution in [0.25, 0.3) is 0 Å². The molecular formula is C24H30ClN5OS. The van der Waals surface area contributed by atoms with Crippen LogP contribution in [0.15, 0.2) is 53.1 Å². The summed E-state index contributed by atoms with van der Waals surface area (Å²) >= 11 is 7.76. The highest BCUT2D eigenvalue weighted by atomic mass is 35.5. The molecule has 0 unspecified atom stereocenters.